The van der Waals surface area contributed by atoms with Crippen LogP contribution in [0.3, 0.4) is 0 Å². The van der Waals surface area contributed by atoms with Crippen molar-refractivity contribution in [2.45, 2.75) is 6.54 Å². The zero-order valence-electron chi connectivity index (χ0n) is 15.1. The van der Waals surface area contributed by atoms with Crippen molar-refractivity contribution in [3.05, 3.63) is 77.6 Å². The number of urea groups is 1. The third kappa shape index (κ3) is 3.82. The van der Waals surface area contributed by atoms with Crippen LogP contribution < -0.4 is 5.32 Å². The molecule has 28 heavy (non-hydrogen) atoms. The lowest BCUT2D eigenvalue weighted by Crippen LogP contribution is -2.31. The van der Waals surface area contributed by atoms with E-state index in [2.05, 4.69) is 15.5 Å². The Morgan fingerprint density at radius 2 is 1.82 bits per heavy atom. The number of fused-ring (bicyclic) bond motifs is 1. The molecule has 4 aromatic rings. The number of nitrogens with zero attached hydrogens (tertiary/aromatic N) is 3. The summed E-state index contributed by atoms with van der Waals surface area (Å²) in [4.78, 5) is 18.4. The molecule has 1 heterocycles. The first-order valence-corrected chi connectivity index (χ1v) is 9.06. The minimum atomic E-state index is -0.261. The summed E-state index contributed by atoms with van der Waals surface area (Å²) in [6.07, 6.45) is 0. The van der Waals surface area contributed by atoms with Gasteiger partial charge in [-0.1, -0.05) is 53.2 Å². The topological polar surface area (TPSA) is 71.3 Å². The Kier molecular flexibility index (Phi) is 4.95. The smallest absolute Gasteiger partial charge is 0.322 e. The first kappa shape index (κ1) is 18.0. The Morgan fingerprint density at radius 3 is 2.64 bits per heavy atom. The molecule has 0 unspecified atom stereocenters. The number of aromatic nitrogens is 2. The third-order valence-corrected chi connectivity index (χ3v) is 4.57. The lowest BCUT2D eigenvalue weighted by atomic mass is 10.1. The van der Waals surface area contributed by atoms with E-state index in [1.807, 2.05) is 54.6 Å². The molecule has 0 aliphatic rings. The second kappa shape index (κ2) is 7.70. The van der Waals surface area contributed by atoms with Gasteiger partial charge in [0.15, 0.2) is 0 Å². The normalized spacial score (nSPS) is 10.8. The van der Waals surface area contributed by atoms with Crippen LogP contribution in [0.1, 0.15) is 5.89 Å². The molecule has 0 radical (unpaired) electrons. The van der Waals surface area contributed by atoms with E-state index in [0.717, 1.165) is 22.0 Å². The molecule has 0 aliphatic heterocycles. The van der Waals surface area contributed by atoms with Gasteiger partial charge in [0.25, 0.3) is 0 Å². The van der Waals surface area contributed by atoms with Crippen LogP contribution in [-0.4, -0.2) is 28.1 Å². The molecule has 0 saturated carbocycles. The zero-order valence-corrected chi connectivity index (χ0v) is 15.8. The van der Waals surface area contributed by atoms with Crippen LogP contribution in [0.4, 0.5) is 10.5 Å². The van der Waals surface area contributed by atoms with Crippen molar-refractivity contribution in [2.75, 3.05) is 12.4 Å². The number of hydrogen-bond donors (Lipinski definition) is 1. The fourth-order valence-corrected chi connectivity index (χ4v) is 2.98. The van der Waals surface area contributed by atoms with E-state index in [-0.39, 0.29) is 12.6 Å². The number of carbonyl (C=O) groups is 1. The lowest BCUT2D eigenvalue weighted by Gasteiger charge is -2.16. The van der Waals surface area contributed by atoms with E-state index in [9.17, 15) is 4.79 Å². The van der Waals surface area contributed by atoms with E-state index < -0.39 is 0 Å². The van der Waals surface area contributed by atoms with E-state index >= 15 is 0 Å². The second-order valence-corrected chi connectivity index (χ2v) is 6.77. The molecule has 3 aromatic carbocycles. The number of halogens is 1. The summed E-state index contributed by atoms with van der Waals surface area (Å²) in [5.41, 5.74) is 1.55. The first-order valence-electron chi connectivity index (χ1n) is 8.68. The quantitative estimate of drug-likeness (QED) is 0.517. The predicted octanol–water partition coefficient (Wildman–Crippen LogP) is 5.21. The Balaban J connectivity index is 1.45. The van der Waals surface area contributed by atoms with Crippen molar-refractivity contribution in [3.8, 4) is 11.4 Å². The van der Waals surface area contributed by atoms with Crippen molar-refractivity contribution < 1.29 is 9.32 Å². The standard InChI is InChI=1S/C21H17ClN4O2/c1-26(13-19-24-20(25-28-19)15-9-11-16(22)12-10-15)21(27)23-18-8-4-6-14-5-2-3-7-17(14)18/h2-12H,13H2,1H3,(H,23,27). The monoisotopic (exact) mass is 392 g/mol. The predicted molar refractivity (Wildman–Crippen MR) is 109 cm³/mol. The van der Waals surface area contributed by atoms with Crippen LogP contribution in [0, 0.1) is 0 Å². The largest absolute Gasteiger partial charge is 0.337 e. The summed E-state index contributed by atoms with van der Waals surface area (Å²) in [7, 11) is 1.67. The summed E-state index contributed by atoms with van der Waals surface area (Å²) in [6.45, 7) is 0.192. The maximum atomic E-state index is 12.6. The molecule has 1 N–H and O–H groups in total. The van der Waals surface area contributed by atoms with Gasteiger partial charge in [0, 0.05) is 23.0 Å². The van der Waals surface area contributed by atoms with Crippen LogP contribution in [0.15, 0.2) is 71.3 Å². The molecule has 2 amide bonds. The summed E-state index contributed by atoms with van der Waals surface area (Å²) in [6, 6.07) is 20.6. The number of amides is 2. The highest BCUT2D eigenvalue weighted by Crippen LogP contribution is 2.23. The van der Waals surface area contributed by atoms with Crippen molar-refractivity contribution in [1.29, 1.82) is 0 Å². The van der Waals surface area contributed by atoms with Crippen molar-refractivity contribution in [2.24, 2.45) is 0 Å². The molecule has 0 atom stereocenters. The fraction of sp³-hybridized carbons (Fsp3) is 0.0952. The molecular weight excluding hydrogens is 376 g/mol. The van der Waals surface area contributed by atoms with E-state index in [4.69, 9.17) is 16.1 Å². The Bertz CT molecular complexity index is 1120. The van der Waals surface area contributed by atoms with Crippen molar-refractivity contribution >= 4 is 34.1 Å². The van der Waals surface area contributed by atoms with Crippen LogP contribution in [-0.2, 0) is 6.54 Å². The minimum Gasteiger partial charge on any atom is -0.337 e. The van der Waals surface area contributed by atoms with Gasteiger partial charge in [0.2, 0.25) is 11.7 Å². The summed E-state index contributed by atoms with van der Waals surface area (Å²) < 4.78 is 5.27. The SMILES string of the molecule is CN(Cc1nc(-c2ccc(Cl)cc2)no1)C(=O)Nc1cccc2ccccc12. The molecule has 1 aromatic heterocycles. The van der Waals surface area contributed by atoms with Gasteiger partial charge < -0.3 is 14.7 Å². The lowest BCUT2D eigenvalue weighted by molar-refractivity contribution is 0.213. The molecule has 7 heteroatoms. The van der Waals surface area contributed by atoms with Gasteiger partial charge in [-0.05, 0) is 35.7 Å². The average molecular weight is 393 g/mol. The highest BCUT2D eigenvalue weighted by molar-refractivity contribution is 6.30. The molecule has 0 fully saturated rings. The van der Waals surface area contributed by atoms with Gasteiger partial charge in [0.05, 0.1) is 5.69 Å². The first-order chi connectivity index (χ1) is 13.6. The van der Waals surface area contributed by atoms with Gasteiger partial charge in [-0.15, -0.1) is 0 Å². The molecule has 0 spiro atoms. The highest BCUT2D eigenvalue weighted by atomic mass is 35.5. The second-order valence-electron chi connectivity index (χ2n) is 6.33. The maximum Gasteiger partial charge on any atom is 0.322 e. The van der Waals surface area contributed by atoms with E-state index in [1.54, 1.807) is 19.2 Å². The van der Waals surface area contributed by atoms with Crippen molar-refractivity contribution in [3.63, 3.8) is 0 Å². The van der Waals surface area contributed by atoms with Gasteiger partial charge in [-0.2, -0.15) is 4.98 Å². The highest BCUT2D eigenvalue weighted by Gasteiger charge is 2.15. The summed E-state index contributed by atoms with van der Waals surface area (Å²) in [5.74, 6) is 0.801. The van der Waals surface area contributed by atoms with Crippen LogP contribution in [0.2, 0.25) is 5.02 Å². The maximum absolute atomic E-state index is 12.6. The van der Waals surface area contributed by atoms with Crippen LogP contribution in [0.5, 0.6) is 0 Å². The van der Waals surface area contributed by atoms with Gasteiger partial charge >= 0.3 is 6.03 Å². The van der Waals surface area contributed by atoms with Crippen LogP contribution in [0.25, 0.3) is 22.2 Å². The molecule has 4 rings (SSSR count). The summed E-state index contributed by atoms with van der Waals surface area (Å²) in [5, 5.41) is 9.58. The van der Waals surface area contributed by atoms with Gasteiger partial charge in [0.1, 0.15) is 6.54 Å². The number of anilines is 1. The van der Waals surface area contributed by atoms with Gasteiger partial charge in [-0.3, -0.25) is 0 Å². The van der Waals surface area contributed by atoms with Gasteiger partial charge in [-0.25, -0.2) is 4.79 Å². The van der Waals surface area contributed by atoms with E-state index in [0.29, 0.717) is 16.7 Å². The van der Waals surface area contributed by atoms with E-state index in [1.165, 1.54) is 4.90 Å². The summed E-state index contributed by atoms with van der Waals surface area (Å²) >= 11 is 5.90. The molecule has 6 nitrogen and oxygen atoms in total. The Hall–Kier alpha value is -3.38. The Morgan fingerprint density at radius 1 is 1.07 bits per heavy atom. The number of nitrogens with one attached hydrogen (secondary N) is 1. The molecule has 0 aliphatic carbocycles. The number of benzene rings is 3. The number of carbonyl (C=O) groups excluding carboxylic acids is 1. The minimum absolute atomic E-state index is 0.192. The molecule has 140 valence electrons. The average Bonchev–Trinajstić information content (AvgIpc) is 3.17. The Labute approximate surface area is 166 Å². The molecule has 0 saturated heterocycles. The molecular formula is C21H17ClN4O2. The van der Waals surface area contributed by atoms with Crippen molar-refractivity contribution in [1.82, 2.24) is 15.0 Å². The van der Waals surface area contributed by atoms with Crippen LogP contribution >= 0.6 is 11.6 Å². The third-order valence-electron chi connectivity index (χ3n) is 4.32. The number of rotatable bonds is 4. The fourth-order valence-electron chi connectivity index (χ4n) is 2.86. The zero-order chi connectivity index (χ0) is 19.5. The number of hydrogen-bond acceptors (Lipinski definition) is 4. The molecule has 0 bridgehead atoms.